The zero-order valence-corrected chi connectivity index (χ0v) is 12.1. The Bertz CT molecular complexity index is 515. The fourth-order valence-corrected chi connectivity index (χ4v) is 2.52. The van der Waals surface area contributed by atoms with Gasteiger partial charge in [-0.3, -0.25) is 0 Å². The van der Waals surface area contributed by atoms with Crippen LogP contribution < -0.4 is 4.74 Å². The lowest BCUT2D eigenvalue weighted by atomic mass is 10.3. The first-order valence-electron chi connectivity index (χ1n) is 6.35. The monoisotopic (exact) mass is 278 g/mol. The fourth-order valence-electron chi connectivity index (χ4n) is 1.65. The van der Waals surface area contributed by atoms with Gasteiger partial charge in [-0.2, -0.15) is 0 Å². The van der Waals surface area contributed by atoms with Crippen molar-refractivity contribution in [3.63, 3.8) is 0 Å². The number of methoxy groups -OCH3 is 1. The van der Waals surface area contributed by atoms with Crippen LogP contribution in [0.4, 0.5) is 0 Å². The fraction of sp³-hybridized carbons (Fsp3) is 0.462. The summed E-state index contributed by atoms with van der Waals surface area (Å²) in [6.07, 6.45) is 2.24. The number of hydrogen-bond acceptors (Lipinski definition) is 5. The van der Waals surface area contributed by atoms with Gasteiger partial charge in [0.2, 0.25) is 0 Å². The molecule has 1 heterocycles. The molecule has 102 valence electrons. The topological polar surface area (TPSA) is 52.8 Å². The minimum absolute atomic E-state index is 0.768. The first-order valence-corrected chi connectivity index (χ1v) is 7.34. The third-order valence-electron chi connectivity index (χ3n) is 2.74. The highest BCUT2D eigenvalue weighted by Crippen LogP contribution is 2.25. The third-order valence-corrected chi connectivity index (χ3v) is 3.73. The van der Waals surface area contributed by atoms with Gasteiger partial charge in [0, 0.05) is 11.4 Å². The first kappa shape index (κ1) is 13.9. The van der Waals surface area contributed by atoms with E-state index in [-0.39, 0.29) is 0 Å². The summed E-state index contributed by atoms with van der Waals surface area (Å²) >= 11 is 1.71. The summed E-state index contributed by atoms with van der Waals surface area (Å²) in [5.41, 5.74) is 0. The molecule has 0 amide bonds. The van der Waals surface area contributed by atoms with Crippen LogP contribution >= 0.6 is 11.8 Å². The van der Waals surface area contributed by atoms with Gasteiger partial charge in [0.05, 0.1) is 12.9 Å². The number of rotatable bonds is 7. The summed E-state index contributed by atoms with van der Waals surface area (Å²) in [6, 6.07) is 8.01. The minimum Gasteiger partial charge on any atom is -0.497 e. The maximum atomic E-state index is 5.21. The molecule has 2 aromatic rings. The van der Waals surface area contributed by atoms with E-state index in [2.05, 4.69) is 28.5 Å². The largest absolute Gasteiger partial charge is 0.497 e. The van der Waals surface area contributed by atoms with Crippen LogP contribution in [0.1, 0.15) is 25.6 Å². The van der Waals surface area contributed by atoms with Crippen molar-refractivity contribution in [2.75, 3.05) is 7.11 Å². The molecule has 1 aromatic carbocycles. The molecule has 2 rings (SSSR count). The number of ether oxygens (including phenoxy) is 1. The summed E-state index contributed by atoms with van der Waals surface area (Å²) in [5.74, 6) is 2.56. The van der Waals surface area contributed by atoms with E-state index >= 15 is 0 Å². The van der Waals surface area contributed by atoms with Gasteiger partial charge in [0.1, 0.15) is 5.75 Å². The minimum atomic E-state index is 0.768. The molecule has 5 nitrogen and oxygen atoms in total. The molecule has 0 bridgehead atoms. The van der Waals surface area contributed by atoms with Crippen LogP contribution in [0.2, 0.25) is 0 Å². The Balaban J connectivity index is 1.96. The van der Waals surface area contributed by atoms with Crippen LogP contribution in [-0.2, 0) is 12.3 Å². The lowest BCUT2D eigenvalue weighted by Gasteiger charge is -2.05. The van der Waals surface area contributed by atoms with Crippen LogP contribution in [0.25, 0.3) is 0 Å². The van der Waals surface area contributed by atoms with Crippen molar-refractivity contribution in [2.45, 2.75) is 37.0 Å². The van der Waals surface area contributed by atoms with Crippen molar-refractivity contribution in [2.24, 2.45) is 0 Å². The normalized spacial score (nSPS) is 10.6. The molecule has 0 atom stereocenters. The van der Waals surface area contributed by atoms with E-state index in [0.29, 0.717) is 0 Å². The van der Waals surface area contributed by atoms with Gasteiger partial charge in [-0.1, -0.05) is 19.4 Å². The van der Waals surface area contributed by atoms with Gasteiger partial charge < -0.3 is 4.74 Å². The molecular formula is C13H18N4OS. The number of aryl methyl sites for hydroxylation is 1. The zero-order chi connectivity index (χ0) is 13.5. The smallest absolute Gasteiger partial charge is 0.161 e. The predicted molar refractivity (Wildman–Crippen MR) is 75.3 cm³/mol. The maximum Gasteiger partial charge on any atom is 0.161 e. The average molecular weight is 278 g/mol. The van der Waals surface area contributed by atoms with Crippen molar-refractivity contribution in [3.05, 3.63) is 30.1 Å². The van der Waals surface area contributed by atoms with E-state index in [9.17, 15) is 0 Å². The molecule has 6 heteroatoms. The lowest BCUT2D eigenvalue weighted by molar-refractivity contribution is 0.413. The molecule has 0 aliphatic carbocycles. The van der Waals surface area contributed by atoms with E-state index in [1.54, 1.807) is 18.9 Å². The molecule has 0 radical (unpaired) electrons. The number of unbranched alkanes of at least 4 members (excludes halogenated alkanes) is 1. The molecule has 1 aromatic heterocycles. The van der Waals surface area contributed by atoms with Gasteiger partial charge in [0.15, 0.2) is 5.82 Å². The second-order valence-electron chi connectivity index (χ2n) is 4.14. The highest BCUT2D eigenvalue weighted by Gasteiger charge is 2.06. The average Bonchev–Trinajstić information content (AvgIpc) is 2.90. The molecular weight excluding hydrogens is 260 g/mol. The molecule has 0 saturated carbocycles. The Kier molecular flexibility index (Phi) is 5.20. The standard InChI is InChI=1S/C13H18N4OS/c1-3-4-8-17-13(14-15-16-17)10-19-12-7-5-6-11(9-12)18-2/h5-7,9H,3-4,8,10H2,1-2H3. The second-order valence-corrected chi connectivity index (χ2v) is 5.19. The van der Waals surface area contributed by atoms with Gasteiger partial charge in [-0.25, -0.2) is 4.68 Å². The Morgan fingerprint density at radius 3 is 3.05 bits per heavy atom. The van der Waals surface area contributed by atoms with Crippen LogP contribution in [0, 0.1) is 0 Å². The number of tetrazole rings is 1. The Morgan fingerprint density at radius 1 is 1.37 bits per heavy atom. The molecule has 0 fully saturated rings. The summed E-state index contributed by atoms with van der Waals surface area (Å²) in [6.45, 7) is 3.05. The number of thioether (sulfide) groups is 1. The summed E-state index contributed by atoms with van der Waals surface area (Å²) < 4.78 is 7.10. The number of benzene rings is 1. The zero-order valence-electron chi connectivity index (χ0n) is 11.2. The third kappa shape index (κ3) is 3.96. The van der Waals surface area contributed by atoms with Crippen LogP contribution in [0.3, 0.4) is 0 Å². The summed E-state index contributed by atoms with van der Waals surface area (Å²) in [5, 5.41) is 11.8. The van der Waals surface area contributed by atoms with E-state index < -0.39 is 0 Å². The number of hydrogen-bond donors (Lipinski definition) is 0. The van der Waals surface area contributed by atoms with Gasteiger partial charge >= 0.3 is 0 Å². The van der Waals surface area contributed by atoms with E-state index in [1.807, 2.05) is 22.9 Å². The number of nitrogens with zero attached hydrogens (tertiary/aromatic N) is 4. The van der Waals surface area contributed by atoms with Crippen LogP contribution in [0.15, 0.2) is 29.2 Å². The van der Waals surface area contributed by atoms with E-state index in [4.69, 9.17) is 4.74 Å². The highest BCUT2D eigenvalue weighted by atomic mass is 32.2. The molecule has 0 unspecified atom stereocenters. The quantitative estimate of drug-likeness (QED) is 0.729. The summed E-state index contributed by atoms with van der Waals surface area (Å²) in [4.78, 5) is 1.16. The van der Waals surface area contributed by atoms with Crippen molar-refractivity contribution >= 4 is 11.8 Å². The molecule has 0 saturated heterocycles. The van der Waals surface area contributed by atoms with Gasteiger partial charge in [-0.15, -0.1) is 16.9 Å². The van der Waals surface area contributed by atoms with Crippen molar-refractivity contribution in [1.82, 2.24) is 20.2 Å². The molecule has 0 aliphatic rings. The van der Waals surface area contributed by atoms with Gasteiger partial charge in [-0.05, 0) is 35.0 Å². The predicted octanol–water partition coefficient (Wildman–Crippen LogP) is 2.77. The molecule has 0 aliphatic heterocycles. The van der Waals surface area contributed by atoms with Crippen LogP contribution in [0.5, 0.6) is 5.75 Å². The van der Waals surface area contributed by atoms with Crippen LogP contribution in [-0.4, -0.2) is 27.3 Å². The molecule has 0 N–H and O–H groups in total. The molecule has 19 heavy (non-hydrogen) atoms. The number of aromatic nitrogens is 4. The highest BCUT2D eigenvalue weighted by molar-refractivity contribution is 7.98. The van der Waals surface area contributed by atoms with E-state index in [0.717, 1.165) is 41.6 Å². The maximum absolute atomic E-state index is 5.21. The SMILES string of the molecule is CCCCn1nnnc1CSc1cccc(OC)c1. The van der Waals surface area contributed by atoms with Gasteiger partial charge in [0.25, 0.3) is 0 Å². The Morgan fingerprint density at radius 2 is 2.26 bits per heavy atom. The second kappa shape index (κ2) is 7.13. The Labute approximate surface area is 117 Å². The van der Waals surface area contributed by atoms with E-state index in [1.165, 1.54) is 0 Å². The molecule has 0 spiro atoms. The van der Waals surface area contributed by atoms with Crippen molar-refractivity contribution in [3.8, 4) is 5.75 Å². The first-order chi connectivity index (χ1) is 9.33. The van der Waals surface area contributed by atoms with Crippen molar-refractivity contribution in [1.29, 1.82) is 0 Å². The van der Waals surface area contributed by atoms with Crippen molar-refractivity contribution < 1.29 is 4.74 Å². The Hall–Kier alpha value is -1.56. The lowest BCUT2D eigenvalue weighted by Crippen LogP contribution is -2.04. The summed E-state index contributed by atoms with van der Waals surface area (Å²) in [7, 11) is 1.68.